The van der Waals surface area contributed by atoms with E-state index in [0.29, 0.717) is 19.6 Å². The third kappa shape index (κ3) is 7.60. The van der Waals surface area contributed by atoms with E-state index in [1.165, 1.54) is 23.3 Å². The molecule has 0 aromatic heterocycles. The van der Waals surface area contributed by atoms with E-state index in [9.17, 15) is 14.0 Å². The van der Waals surface area contributed by atoms with Crippen molar-refractivity contribution >= 4 is 23.2 Å². The summed E-state index contributed by atoms with van der Waals surface area (Å²) in [6.07, 6.45) is 1.55. The maximum absolute atomic E-state index is 14.1. The van der Waals surface area contributed by atoms with Crippen molar-refractivity contribution in [3.05, 3.63) is 94.8 Å². The number of hydrogen-bond donors (Lipinski definition) is 1. The number of rotatable bonds is 10. The van der Waals surface area contributed by atoms with Gasteiger partial charge >= 0.3 is 0 Å². The van der Waals surface area contributed by atoms with Crippen LogP contribution < -0.4 is 15.1 Å². The lowest BCUT2D eigenvalue weighted by Gasteiger charge is -2.35. The Morgan fingerprint density at radius 2 is 1.35 bits per heavy atom. The molecule has 1 N–H and O–H groups in total. The second-order valence-corrected chi connectivity index (χ2v) is 10.7. The fourth-order valence-electron chi connectivity index (χ4n) is 4.88. The topological polar surface area (TPSA) is 59.1 Å². The number of piperazine rings is 1. The summed E-state index contributed by atoms with van der Waals surface area (Å²) in [5, 5.41) is 2.87. The molecule has 1 aliphatic heterocycles. The summed E-state index contributed by atoms with van der Waals surface area (Å²) in [5.41, 5.74) is 5.04. The van der Waals surface area contributed by atoms with Crippen molar-refractivity contribution in [2.45, 2.75) is 19.4 Å². The van der Waals surface area contributed by atoms with Gasteiger partial charge in [-0.3, -0.25) is 14.5 Å². The number of benzene rings is 3. The first-order valence-corrected chi connectivity index (χ1v) is 13.8. The molecule has 3 aromatic rings. The lowest BCUT2D eigenvalue weighted by molar-refractivity contribution is 0.0624. The van der Waals surface area contributed by atoms with Crippen molar-refractivity contribution in [2.75, 3.05) is 70.7 Å². The van der Waals surface area contributed by atoms with Crippen LogP contribution in [-0.4, -0.2) is 82.5 Å². The van der Waals surface area contributed by atoms with Gasteiger partial charge in [-0.25, -0.2) is 4.39 Å². The van der Waals surface area contributed by atoms with Gasteiger partial charge in [0.05, 0.1) is 11.1 Å². The SMILES string of the molecule is CN(C)c1ccc(CCCNC(=O)c2cc(F)ccc2C(=O)N2CCN(Cc3ccc(N(C)C)cc3)CC2)cc1. The predicted molar refractivity (Wildman–Crippen MR) is 160 cm³/mol. The van der Waals surface area contributed by atoms with Gasteiger partial charge in [-0.2, -0.15) is 0 Å². The van der Waals surface area contributed by atoms with Crippen molar-refractivity contribution in [2.24, 2.45) is 0 Å². The van der Waals surface area contributed by atoms with Crippen LogP contribution in [0.5, 0.6) is 0 Å². The molecular weight excluding hydrogens is 505 g/mol. The van der Waals surface area contributed by atoms with Crippen molar-refractivity contribution < 1.29 is 14.0 Å². The predicted octanol–water partition coefficient (Wildman–Crippen LogP) is 4.28. The summed E-state index contributed by atoms with van der Waals surface area (Å²) in [7, 11) is 8.05. The monoisotopic (exact) mass is 545 g/mol. The zero-order valence-corrected chi connectivity index (χ0v) is 24.0. The Labute approximate surface area is 237 Å². The fourth-order valence-corrected chi connectivity index (χ4v) is 4.88. The third-order valence-electron chi connectivity index (χ3n) is 7.36. The summed E-state index contributed by atoms with van der Waals surface area (Å²) < 4.78 is 14.1. The molecular formula is C32H40FN5O2. The number of carbonyl (C=O) groups excluding carboxylic acids is 2. The molecule has 2 amide bonds. The maximum Gasteiger partial charge on any atom is 0.254 e. The molecule has 0 radical (unpaired) electrons. The van der Waals surface area contributed by atoms with Gasteiger partial charge in [0.2, 0.25) is 0 Å². The fraction of sp³-hybridized carbons (Fsp3) is 0.375. The maximum atomic E-state index is 14.1. The number of halogens is 1. The Kier molecular flexibility index (Phi) is 9.77. The summed E-state index contributed by atoms with van der Waals surface area (Å²) in [6, 6.07) is 20.6. The minimum Gasteiger partial charge on any atom is -0.378 e. The van der Waals surface area contributed by atoms with Crippen molar-refractivity contribution in [3.63, 3.8) is 0 Å². The van der Waals surface area contributed by atoms with Crippen LogP contribution in [0.2, 0.25) is 0 Å². The average molecular weight is 546 g/mol. The second kappa shape index (κ2) is 13.4. The van der Waals surface area contributed by atoms with Crippen LogP contribution in [0.1, 0.15) is 38.3 Å². The lowest BCUT2D eigenvalue weighted by atomic mass is 10.0. The number of aryl methyl sites for hydroxylation is 1. The Balaban J connectivity index is 1.30. The Morgan fingerprint density at radius 3 is 1.93 bits per heavy atom. The minimum absolute atomic E-state index is 0.0868. The van der Waals surface area contributed by atoms with E-state index in [2.05, 4.69) is 63.6 Å². The molecule has 0 aliphatic carbocycles. The summed E-state index contributed by atoms with van der Waals surface area (Å²) in [6.45, 7) is 3.84. The second-order valence-electron chi connectivity index (χ2n) is 10.7. The molecule has 0 unspecified atom stereocenters. The van der Waals surface area contributed by atoms with Crippen molar-refractivity contribution in [1.29, 1.82) is 0 Å². The Morgan fingerprint density at radius 1 is 0.775 bits per heavy atom. The van der Waals surface area contributed by atoms with E-state index in [1.54, 1.807) is 4.90 Å². The Hall–Kier alpha value is -3.91. The van der Waals surface area contributed by atoms with Crippen molar-refractivity contribution in [1.82, 2.24) is 15.1 Å². The number of anilines is 2. The number of carbonyl (C=O) groups is 2. The third-order valence-corrected chi connectivity index (χ3v) is 7.36. The summed E-state index contributed by atoms with van der Waals surface area (Å²) in [5.74, 6) is -1.19. The van der Waals surface area contributed by atoms with E-state index in [4.69, 9.17) is 0 Å². The standard InChI is InChI=1S/C32H40FN5O2/c1-35(2)27-12-7-24(8-13-27)6-5-17-34-31(39)30-22-26(33)11-16-29(30)32(40)38-20-18-37(19-21-38)23-25-9-14-28(15-10-25)36(3)4/h7-16,22H,5-6,17-21,23H2,1-4H3,(H,34,39). The molecule has 0 saturated carbocycles. The van der Waals surface area contributed by atoms with Crippen LogP contribution >= 0.6 is 0 Å². The normalized spacial score (nSPS) is 13.7. The van der Waals surface area contributed by atoms with Gasteiger partial charge in [0.15, 0.2) is 0 Å². The molecule has 212 valence electrons. The van der Waals surface area contributed by atoms with E-state index >= 15 is 0 Å². The van der Waals surface area contributed by atoms with Gasteiger partial charge in [0.1, 0.15) is 5.82 Å². The lowest BCUT2D eigenvalue weighted by Crippen LogP contribution is -2.48. The smallest absolute Gasteiger partial charge is 0.254 e. The molecule has 3 aromatic carbocycles. The number of hydrogen-bond acceptors (Lipinski definition) is 5. The van der Waals surface area contributed by atoms with Crippen LogP contribution in [0.25, 0.3) is 0 Å². The Bertz CT molecular complexity index is 1280. The van der Waals surface area contributed by atoms with Gasteiger partial charge in [-0.1, -0.05) is 24.3 Å². The first kappa shape index (κ1) is 29.1. The van der Waals surface area contributed by atoms with E-state index in [1.807, 2.05) is 33.1 Å². The molecule has 0 spiro atoms. The molecule has 0 atom stereocenters. The zero-order valence-electron chi connectivity index (χ0n) is 24.0. The van der Waals surface area contributed by atoms with E-state index in [0.717, 1.165) is 49.9 Å². The molecule has 8 heteroatoms. The zero-order chi connectivity index (χ0) is 28.6. The van der Waals surface area contributed by atoms with E-state index < -0.39 is 11.7 Å². The molecule has 1 fully saturated rings. The van der Waals surface area contributed by atoms with Gasteiger partial charge in [-0.15, -0.1) is 0 Å². The van der Waals surface area contributed by atoms with Gasteiger partial charge < -0.3 is 20.0 Å². The molecule has 1 aliphatic rings. The van der Waals surface area contributed by atoms with Gasteiger partial charge in [-0.05, 0) is 66.4 Å². The molecule has 0 bridgehead atoms. The highest BCUT2D eigenvalue weighted by Crippen LogP contribution is 2.18. The number of amides is 2. The molecule has 1 heterocycles. The van der Waals surface area contributed by atoms with Crippen LogP contribution in [0.15, 0.2) is 66.7 Å². The number of nitrogens with zero attached hydrogens (tertiary/aromatic N) is 4. The quantitative estimate of drug-likeness (QED) is 0.386. The first-order chi connectivity index (χ1) is 19.2. The average Bonchev–Trinajstić information content (AvgIpc) is 2.95. The van der Waals surface area contributed by atoms with Crippen LogP contribution in [0.3, 0.4) is 0 Å². The van der Waals surface area contributed by atoms with Gasteiger partial charge in [0, 0.05) is 78.8 Å². The van der Waals surface area contributed by atoms with Crippen LogP contribution in [-0.2, 0) is 13.0 Å². The molecule has 7 nitrogen and oxygen atoms in total. The molecule has 1 saturated heterocycles. The van der Waals surface area contributed by atoms with E-state index in [-0.39, 0.29) is 17.0 Å². The van der Waals surface area contributed by atoms with Crippen molar-refractivity contribution in [3.8, 4) is 0 Å². The number of nitrogens with one attached hydrogen (secondary N) is 1. The summed E-state index contributed by atoms with van der Waals surface area (Å²) >= 11 is 0. The highest BCUT2D eigenvalue weighted by Gasteiger charge is 2.26. The molecule has 4 rings (SSSR count). The van der Waals surface area contributed by atoms with Crippen LogP contribution in [0, 0.1) is 5.82 Å². The largest absolute Gasteiger partial charge is 0.378 e. The summed E-state index contributed by atoms with van der Waals surface area (Å²) in [4.78, 5) is 34.6. The van der Waals surface area contributed by atoms with Gasteiger partial charge in [0.25, 0.3) is 11.8 Å². The highest BCUT2D eigenvalue weighted by molar-refractivity contribution is 6.07. The molecule has 40 heavy (non-hydrogen) atoms. The van der Waals surface area contributed by atoms with Crippen LogP contribution in [0.4, 0.5) is 15.8 Å². The highest BCUT2D eigenvalue weighted by atomic mass is 19.1. The first-order valence-electron chi connectivity index (χ1n) is 13.8. The minimum atomic E-state index is -0.534.